The number of nitrogens with two attached hydrogens (primary N) is 2. The molecule has 0 amide bonds. The van der Waals surface area contributed by atoms with E-state index < -0.39 is 12.0 Å². The standard InChI is InChI=1S/C9H18N2O2/c10-7-3-1-6(2-4-7)5-8(11)9(12)13/h6-8H,1-5,10-11H2,(H,12,13)/t6?,7?,8-/m1/s1. The lowest BCUT2D eigenvalue weighted by molar-refractivity contribution is -0.139. The number of carboxylic acids is 1. The fourth-order valence-electron chi connectivity index (χ4n) is 1.88. The molecular weight excluding hydrogens is 168 g/mol. The topological polar surface area (TPSA) is 89.3 Å². The third-order valence-corrected chi connectivity index (χ3v) is 2.80. The second-order valence-corrected chi connectivity index (χ2v) is 3.96. The van der Waals surface area contributed by atoms with Gasteiger partial charge in [-0.1, -0.05) is 0 Å². The third kappa shape index (κ3) is 3.32. The van der Waals surface area contributed by atoms with Gasteiger partial charge in [0.1, 0.15) is 6.04 Å². The Morgan fingerprint density at radius 3 is 2.38 bits per heavy atom. The summed E-state index contributed by atoms with van der Waals surface area (Å²) in [5.41, 5.74) is 11.2. The third-order valence-electron chi connectivity index (χ3n) is 2.80. The molecule has 0 aromatic carbocycles. The molecule has 0 spiro atoms. The Bertz CT molecular complexity index is 176. The van der Waals surface area contributed by atoms with Gasteiger partial charge in [0.05, 0.1) is 0 Å². The largest absolute Gasteiger partial charge is 0.480 e. The van der Waals surface area contributed by atoms with Gasteiger partial charge in [0.25, 0.3) is 0 Å². The van der Waals surface area contributed by atoms with Gasteiger partial charge in [0.2, 0.25) is 0 Å². The first-order valence-corrected chi connectivity index (χ1v) is 4.83. The maximum Gasteiger partial charge on any atom is 0.320 e. The van der Waals surface area contributed by atoms with Gasteiger partial charge in [-0.15, -0.1) is 0 Å². The van der Waals surface area contributed by atoms with Crippen LogP contribution in [0, 0.1) is 5.92 Å². The first-order valence-electron chi connectivity index (χ1n) is 4.83. The second kappa shape index (κ2) is 4.58. The molecule has 0 bridgehead atoms. The number of rotatable bonds is 3. The molecular formula is C9H18N2O2. The van der Waals surface area contributed by atoms with E-state index in [1.54, 1.807) is 0 Å². The van der Waals surface area contributed by atoms with Crippen molar-refractivity contribution in [3.63, 3.8) is 0 Å². The number of carbonyl (C=O) groups is 1. The van der Waals surface area contributed by atoms with Crippen LogP contribution in [-0.4, -0.2) is 23.2 Å². The molecule has 1 fully saturated rings. The summed E-state index contributed by atoms with van der Waals surface area (Å²) in [7, 11) is 0. The molecule has 1 saturated carbocycles. The number of aliphatic carboxylic acids is 1. The predicted molar refractivity (Wildman–Crippen MR) is 50.2 cm³/mol. The highest BCUT2D eigenvalue weighted by Gasteiger charge is 2.23. The van der Waals surface area contributed by atoms with Crippen LogP contribution in [0.15, 0.2) is 0 Å². The summed E-state index contributed by atoms with van der Waals surface area (Å²) in [4.78, 5) is 10.5. The average molecular weight is 186 g/mol. The fraction of sp³-hybridized carbons (Fsp3) is 0.889. The van der Waals surface area contributed by atoms with Crippen LogP contribution in [0.1, 0.15) is 32.1 Å². The highest BCUT2D eigenvalue weighted by atomic mass is 16.4. The Morgan fingerprint density at radius 2 is 1.92 bits per heavy atom. The Hall–Kier alpha value is -0.610. The summed E-state index contributed by atoms with van der Waals surface area (Å²) in [5, 5.41) is 8.61. The fourth-order valence-corrected chi connectivity index (χ4v) is 1.88. The van der Waals surface area contributed by atoms with E-state index in [1.807, 2.05) is 0 Å². The van der Waals surface area contributed by atoms with Crippen molar-refractivity contribution in [2.45, 2.75) is 44.2 Å². The molecule has 0 unspecified atom stereocenters. The summed E-state index contributed by atoms with van der Waals surface area (Å²) in [6.07, 6.45) is 4.68. The Labute approximate surface area is 78.3 Å². The molecule has 5 N–H and O–H groups in total. The number of hydrogen-bond donors (Lipinski definition) is 3. The molecule has 0 saturated heterocycles. The van der Waals surface area contributed by atoms with Crippen molar-refractivity contribution in [3.8, 4) is 0 Å². The van der Waals surface area contributed by atoms with Crippen LogP contribution in [0.3, 0.4) is 0 Å². The van der Waals surface area contributed by atoms with Gasteiger partial charge in [-0.3, -0.25) is 4.79 Å². The molecule has 0 aromatic rings. The molecule has 1 aliphatic rings. The molecule has 4 heteroatoms. The van der Waals surface area contributed by atoms with Crippen molar-refractivity contribution in [1.82, 2.24) is 0 Å². The van der Waals surface area contributed by atoms with Crippen LogP contribution < -0.4 is 11.5 Å². The minimum absolute atomic E-state index is 0.317. The summed E-state index contributed by atoms with van der Waals surface area (Å²) in [6.45, 7) is 0. The van der Waals surface area contributed by atoms with Gasteiger partial charge in [-0.25, -0.2) is 0 Å². The maximum atomic E-state index is 10.5. The van der Waals surface area contributed by atoms with Crippen molar-refractivity contribution >= 4 is 5.97 Å². The van der Waals surface area contributed by atoms with Crippen LogP contribution in [0.25, 0.3) is 0 Å². The van der Waals surface area contributed by atoms with Crippen molar-refractivity contribution in [1.29, 1.82) is 0 Å². The Balaban J connectivity index is 2.26. The summed E-state index contributed by atoms with van der Waals surface area (Å²) in [6, 6.07) is -0.378. The smallest absolute Gasteiger partial charge is 0.320 e. The first-order chi connectivity index (χ1) is 6.09. The minimum Gasteiger partial charge on any atom is -0.480 e. The lowest BCUT2D eigenvalue weighted by atomic mass is 9.83. The van der Waals surface area contributed by atoms with Gasteiger partial charge in [0, 0.05) is 6.04 Å². The van der Waals surface area contributed by atoms with E-state index >= 15 is 0 Å². The van der Waals surface area contributed by atoms with Crippen LogP contribution in [0.4, 0.5) is 0 Å². The molecule has 1 atom stereocenters. The quantitative estimate of drug-likeness (QED) is 0.591. The SMILES string of the molecule is NC1CCC(C[C@@H](N)C(=O)O)CC1. The first kappa shape index (κ1) is 10.5. The zero-order valence-electron chi connectivity index (χ0n) is 7.78. The van der Waals surface area contributed by atoms with E-state index in [1.165, 1.54) is 0 Å². The van der Waals surface area contributed by atoms with Crippen molar-refractivity contribution in [2.24, 2.45) is 17.4 Å². The van der Waals surface area contributed by atoms with E-state index in [0.29, 0.717) is 18.4 Å². The highest BCUT2D eigenvalue weighted by Crippen LogP contribution is 2.26. The van der Waals surface area contributed by atoms with Gasteiger partial charge in [0.15, 0.2) is 0 Å². The van der Waals surface area contributed by atoms with E-state index in [-0.39, 0.29) is 0 Å². The lowest BCUT2D eigenvalue weighted by Crippen LogP contribution is -2.35. The maximum absolute atomic E-state index is 10.5. The van der Waals surface area contributed by atoms with Crippen LogP contribution in [-0.2, 0) is 4.79 Å². The monoisotopic (exact) mass is 186 g/mol. The molecule has 1 rings (SSSR count). The summed E-state index contributed by atoms with van der Waals surface area (Å²) >= 11 is 0. The van der Waals surface area contributed by atoms with Gasteiger partial charge < -0.3 is 16.6 Å². The molecule has 1 aliphatic carbocycles. The van der Waals surface area contributed by atoms with Gasteiger partial charge >= 0.3 is 5.97 Å². The molecule has 13 heavy (non-hydrogen) atoms. The van der Waals surface area contributed by atoms with Crippen LogP contribution >= 0.6 is 0 Å². The number of carboxylic acid groups (broad SMARTS) is 1. The van der Waals surface area contributed by atoms with Crippen molar-refractivity contribution < 1.29 is 9.90 Å². The lowest BCUT2D eigenvalue weighted by Gasteiger charge is -2.26. The Kier molecular flexibility index (Phi) is 3.69. The summed E-state index contributed by atoms with van der Waals surface area (Å²) < 4.78 is 0. The summed E-state index contributed by atoms with van der Waals surface area (Å²) in [5.74, 6) is -0.430. The zero-order chi connectivity index (χ0) is 9.84. The van der Waals surface area contributed by atoms with E-state index in [9.17, 15) is 4.79 Å². The average Bonchev–Trinajstić information content (AvgIpc) is 2.08. The van der Waals surface area contributed by atoms with Crippen LogP contribution in [0.2, 0.25) is 0 Å². The van der Waals surface area contributed by atoms with Crippen LogP contribution in [0.5, 0.6) is 0 Å². The number of hydrogen-bond acceptors (Lipinski definition) is 3. The van der Waals surface area contributed by atoms with Crippen molar-refractivity contribution in [2.75, 3.05) is 0 Å². The van der Waals surface area contributed by atoms with Gasteiger partial charge in [-0.2, -0.15) is 0 Å². The second-order valence-electron chi connectivity index (χ2n) is 3.96. The molecule has 0 aromatic heterocycles. The molecule has 4 nitrogen and oxygen atoms in total. The van der Waals surface area contributed by atoms with Crippen molar-refractivity contribution in [3.05, 3.63) is 0 Å². The normalized spacial score (nSPS) is 31.2. The van der Waals surface area contributed by atoms with E-state index in [4.69, 9.17) is 16.6 Å². The van der Waals surface area contributed by atoms with Gasteiger partial charge in [-0.05, 0) is 38.0 Å². The molecule has 0 radical (unpaired) electrons. The molecule has 0 aliphatic heterocycles. The van der Waals surface area contributed by atoms with E-state index in [2.05, 4.69) is 0 Å². The predicted octanol–water partition coefficient (Wildman–Crippen LogP) is 0.306. The van der Waals surface area contributed by atoms with E-state index in [0.717, 1.165) is 25.7 Å². The minimum atomic E-state index is -0.894. The molecule has 0 heterocycles. The zero-order valence-corrected chi connectivity index (χ0v) is 7.78. The Morgan fingerprint density at radius 1 is 1.38 bits per heavy atom. The molecule has 76 valence electrons. The highest BCUT2D eigenvalue weighted by molar-refractivity contribution is 5.73.